The summed E-state index contributed by atoms with van der Waals surface area (Å²) in [6.07, 6.45) is -0.551. The standard InChI is InChI=1S/C12H15ClN2O3/c1-12(2,3)18-11(16)15-8-4-7-5-17-6-9(7)14-10(8)13/h4H,5-6H2,1-3H3,(H,15,16). The van der Waals surface area contributed by atoms with Crippen molar-refractivity contribution in [2.75, 3.05) is 5.32 Å². The molecule has 0 saturated heterocycles. The van der Waals surface area contributed by atoms with Gasteiger partial charge in [-0.25, -0.2) is 9.78 Å². The van der Waals surface area contributed by atoms with E-state index in [0.717, 1.165) is 11.3 Å². The number of amides is 1. The first-order chi connectivity index (χ1) is 8.35. The van der Waals surface area contributed by atoms with Crippen LogP contribution in [0.15, 0.2) is 6.07 Å². The Morgan fingerprint density at radius 3 is 2.89 bits per heavy atom. The smallest absolute Gasteiger partial charge is 0.412 e. The highest BCUT2D eigenvalue weighted by atomic mass is 35.5. The zero-order chi connectivity index (χ0) is 13.3. The fourth-order valence-electron chi connectivity index (χ4n) is 1.58. The minimum atomic E-state index is -0.552. The Kier molecular flexibility index (Phi) is 3.45. The summed E-state index contributed by atoms with van der Waals surface area (Å²) in [6, 6.07) is 1.77. The average Bonchev–Trinajstić information content (AvgIpc) is 2.62. The Balaban J connectivity index is 2.12. The molecule has 6 heteroatoms. The monoisotopic (exact) mass is 270 g/mol. The molecule has 2 heterocycles. The largest absolute Gasteiger partial charge is 0.444 e. The number of ether oxygens (including phenoxy) is 2. The topological polar surface area (TPSA) is 60.5 Å². The van der Waals surface area contributed by atoms with Crippen LogP contribution in [0, 0.1) is 0 Å². The molecule has 0 radical (unpaired) electrons. The Labute approximate surface area is 110 Å². The van der Waals surface area contributed by atoms with Crippen LogP contribution in [0.5, 0.6) is 0 Å². The molecule has 2 rings (SSSR count). The lowest BCUT2D eigenvalue weighted by molar-refractivity contribution is 0.0636. The molecule has 1 amide bonds. The molecule has 1 aliphatic rings. The molecule has 1 N–H and O–H groups in total. The van der Waals surface area contributed by atoms with Gasteiger partial charge in [-0.1, -0.05) is 11.6 Å². The van der Waals surface area contributed by atoms with Gasteiger partial charge in [0.25, 0.3) is 0 Å². The van der Waals surface area contributed by atoms with Gasteiger partial charge in [-0.05, 0) is 26.8 Å². The summed E-state index contributed by atoms with van der Waals surface area (Å²) >= 11 is 5.99. The van der Waals surface area contributed by atoms with E-state index >= 15 is 0 Å². The van der Waals surface area contributed by atoms with Gasteiger partial charge in [0.15, 0.2) is 5.15 Å². The number of anilines is 1. The van der Waals surface area contributed by atoms with Gasteiger partial charge in [-0.3, -0.25) is 5.32 Å². The number of carbonyl (C=O) groups excluding carboxylic acids is 1. The highest BCUT2D eigenvalue weighted by Crippen LogP contribution is 2.27. The molecule has 0 aliphatic carbocycles. The van der Waals surface area contributed by atoms with E-state index in [1.54, 1.807) is 26.8 Å². The van der Waals surface area contributed by atoms with Crippen molar-refractivity contribution in [2.24, 2.45) is 0 Å². The van der Waals surface area contributed by atoms with E-state index in [0.29, 0.717) is 18.9 Å². The maximum absolute atomic E-state index is 11.6. The maximum Gasteiger partial charge on any atom is 0.412 e. The zero-order valence-corrected chi connectivity index (χ0v) is 11.3. The zero-order valence-electron chi connectivity index (χ0n) is 10.5. The minimum Gasteiger partial charge on any atom is -0.444 e. The number of aromatic nitrogens is 1. The van der Waals surface area contributed by atoms with E-state index in [-0.39, 0.29) is 5.15 Å². The van der Waals surface area contributed by atoms with E-state index < -0.39 is 11.7 Å². The van der Waals surface area contributed by atoms with Crippen molar-refractivity contribution in [3.05, 3.63) is 22.5 Å². The number of halogens is 1. The van der Waals surface area contributed by atoms with Gasteiger partial charge in [0, 0.05) is 5.56 Å². The molecular weight excluding hydrogens is 256 g/mol. The second-order valence-corrected chi connectivity index (χ2v) is 5.41. The molecule has 18 heavy (non-hydrogen) atoms. The summed E-state index contributed by atoms with van der Waals surface area (Å²) in [5.74, 6) is 0. The van der Waals surface area contributed by atoms with Crippen LogP contribution in [0.2, 0.25) is 5.15 Å². The molecule has 0 fully saturated rings. The summed E-state index contributed by atoms with van der Waals surface area (Å²) in [4.78, 5) is 15.8. The van der Waals surface area contributed by atoms with Gasteiger partial charge < -0.3 is 9.47 Å². The van der Waals surface area contributed by atoms with E-state index in [9.17, 15) is 4.79 Å². The van der Waals surface area contributed by atoms with Crippen molar-refractivity contribution in [3.63, 3.8) is 0 Å². The first kappa shape index (κ1) is 13.1. The van der Waals surface area contributed by atoms with Crippen molar-refractivity contribution in [2.45, 2.75) is 39.6 Å². The van der Waals surface area contributed by atoms with Crippen LogP contribution in [0.1, 0.15) is 32.0 Å². The van der Waals surface area contributed by atoms with Crippen molar-refractivity contribution in [3.8, 4) is 0 Å². The van der Waals surface area contributed by atoms with E-state index in [4.69, 9.17) is 21.1 Å². The number of nitrogens with zero attached hydrogens (tertiary/aromatic N) is 1. The first-order valence-electron chi connectivity index (χ1n) is 5.61. The fraction of sp³-hybridized carbons (Fsp3) is 0.500. The van der Waals surface area contributed by atoms with Crippen molar-refractivity contribution < 1.29 is 14.3 Å². The molecule has 0 saturated carbocycles. The van der Waals surface area contributed by atoms with E-state index in [2.05, 4.69) is 10.3 Å². The molecule has 0 aromatic carbocycles. The molecule has 0 bridgehead atoms. The van der Waals surface area contributed by atoms with Crippen molar-refractivity contribution >= 4 is 23.4 Å². The number of hydrogen-bond acceptors (Lipinski definition) is 4. The summed E-state index contributed by atoms with van der Waals surface area (Å²) < 4.78 is 10.4. The van der Waals surface area contributed by atoms with Gasteiger partial charge in [0.05, 0.1) is 24.6 Å². The van der Waals surface area contributed by atoms with Crippen molar-refractivity contribution in [1.82, 2.24) is 4.98 Å². The first-order valence-corrected chi connectivity index (χ1v) is 5.99. The summed E-state index contributed by atoms with van der Waals surface area (Å²) in [5.41, 5.74) is 1.64. The quantitative estimate of drug-likeness (QED) is 0.797. The van der Waals surface area contributed by atoms with Crippen LogP contribution < -0.4 is 5.32 Å². The highest BCUT2D eigenvalue weighted by molar-refractivity contribution is 6.32. The highest BCUT2D eigenvalue weighted by Gasteiger charge is 2.20. The van der Waals surface area contributed by atoms with Gasteiger partial charge in [0.2, 0.25) is 0 Å². The lowest BCUT2D eigenvalue weighted by atomic mass is 10.2. The van der Waals surface area contributed by atoms with E-state index in [1.807, 2.05) is 0 Å². The molecule has 0 spiro atoms. The number of pyridine rings is 1. The third-order valence-corrected chi connectivity index (χ3v) is 2.56. The Morgan fingerprint density at radius 1 is 1.50 bits per heavy atom. The predicted octanol–water partition coefficient (Wildman–Crippen LogP) is 3.11. The third-order valence-electron chi connectivity index (χ3n) is 2.28. The lowest BCUT2D eigenvalue weighted by Crippen LogP contribution is -2.27. The van der Waals surface area contributed by atoms with Crippen LogP contribution >= 0.6 is 11.6 Å². The van der Waals surface area contributed by atoms with Crippen LogP contribution in [-0.4, -0.2) is 16.7 Å². The molecule has 0 atom stereocenters. The summed E-state index contributed by atoms with van der Waals surface area (Å²) in [7, 11) is 0. The molecule has 98 valence electrons. The number of nitrogens with one attached hydrogen (secondary N) is 1. The number of rotatable bonds is 1. The van der Waals surface area contributed by atoms with Crippen LogP contribution in [-0.2, 0) is 22.7 Å². The normalized spacial score (nSPS) is 14.2. The maximum atomic E-state index is 11.6. The Hall–Kier alpha value is -1.33. The molecule has 1 aromatic rings. The number of fused-ring (bicyclic) bond motifs is 1. The summed E-state index contributed by atoms with van der Waals surface area (Å²) in [5, 5.41) is 2.83. The van der Waals surface area contributed by atoms with Crippen LogP contribution in [0.25, 0.3) is 0 Å². The van der Waals surface area contributed by atoms with Crippen molar-refractivity contribution in [1.29, 1.82) is 0 Å². The second kappa shape index (κ2) is 4.74. The van der Waals surface area contributed by atoms with Crippen LogP contribution in [0.4, 0.5) is 10.5 Å². The Bertz CT molecular complexity index is 483. The summed E-state index contributed by atoms with van der Waals surface area (Å²) in [6.45, 7) is 6.33. The van der Waals surface area contributed by atoms with Gasteiger partial charge in [-0.2, -0.15) is 0 Å². The van der Waals surface area contributed by atoms with E-state index in [1.165, 1.54) is 0 Å². The lowest BCUT2D eigenvalue weighted by Gasteiger charge is -2.20. The van der Waals surface area contributed by atoms with Gasteiger partial charge in [0.1, 0.15) is 5.60 Å². The SMILES string of the molecule is CC(C)(C)OC(=O)Nc1cc2c(nc1Cl)COC2. The second-order valence-electron chi connectivity index (χ2n) is 5.05. The molecular formula is C12H15ClN2O3. The molecule has 5 nitrogen and oxygen atoms in total. The number of hydrogen-bond donors (Lipinski definition) is 1. The van der Waals surface area contributed by atoms with Crippen LogP contribution in [0.3, 0.4) is 0 Å². The Morgan fingerprint density at radius 2 is 2.22 bits per heavy atom. The molecule has 0 unspecified atom stereocenters. The number of carbonyl (C=O) groups is 1. The molecule has 1 aromatic heterocycles. The fourth-order valence-corrected chi connectivity index (χ4v) is 1.78. The molecule has 1 aliphatic heterocycles. The third kappa shape index (κ3) is 3.11. The predicted molar refractivity (Wildman–Crippen MR) is 67.6 cm³/mol. The van der Waals surface area contributed by atoms with Gasteiger partial charge >= 0.3 is 6.09 Å². The average molecular weight is 271 g/mol. The minimum absolute atomic E-state index is 0.241. The van der Waals surface area contributed by atoms with Gasteiger partial charge in [-0.15, -0.1) is 0 Å².